The van der Waals surface area contributed by atoms with E-state index in [-0.39, 0.29) is 15.6 Å². The van der Waals surface area contributed by atoms with E-state index in [1.807, 2.05) is 0 Å². The Kier molecular flexibility index (Phi) is 4.57. The van der Waals surface area contributed by atoms with E-state index >= 15 is 0 Å². The van der Waals surface area contributed by atoms with Crippen LogP contribution in [0.2, 0.25) is 20.1 Å². The Morgan fingerprint density at radius 1 is 0.789 bits per heavy atom. The lowest BCUT2D eigenvalue weighted by atomic mass is 10.0. The van der Waals surface area contributed by atoms with Crippen molar-refractivity contribution < 1.29 is 8.78 Å². The van der Waals surface area contributed by atoms with Crippen molar-refractivity contribution >= 4 is 46.4 Å². The van der Waals surface area contributed by atoms with E-state index in [9.17, 15) is 8.78 Å². The predicted octanol–water partition coefficient (Wildman–Crippen LogP) is 6.90. The lowest BCUT2D eigenvalue weighted by Crippen LogP contribution is -1.88. The Morgan fingerprint density at radius 2 is 1.42 bits per heavy atom. The molecule has 0 aliphatic heterocycles. The van der Waals surface area contributed by atoms with Crippen LogP contribution in [0.4, 0.5) is 8.78 Å². The summed E-state index contributed by atoms with van der Waals surface area (Å²) in [7, 11) is 0. The molecular weight excluding hydrogens is 336 g/mol. The summed E-state index contributed by atoms with van der Waals surface area (Å²) in [4.78, 5) is 0. The molecule has 0 fully saturated rings. The van der Waals surface area contributed by atoms with Crippen molar-refractivity contribution in [3.63, 3.8) is 0 Å². The second-order valence-electron chi connectivity index (χ2n) is 3.76. The number of benzene rings is 2. The van der Waals surface area contributed by atoms with Gasteiger partial charge in [0.1, 0.15) is 0 Å². The molecule has 6 heteroatoms. The molecule has 0 bridgehead atoms. The average molecular weight is 342 g/mol. The minimum absolute atomic E-state index is 0.142. The fourth-order valence-corrected chi connectivity index (χ4v) is 2.66. The predicted molar refractivity (Wildman–Crippen MR) is 76.9 cm³/mol. The van der Waals surface area contributed by atoms with Crippen LogP contribution in [-0.4, -0.2) is 0 Å². The molecule has 0 radical (unpaired) electrons. The van der Waals surface area contributed by atoms with Gasteiger partial charge in [0.15, 0.2) is 0 Å². The van der Waals surface area contributed by atoms with Crippen LogP contribution in [0.25, 0.3) is 11.1 Å². The fourth-order valence-electron chi connectivity index (χ4n) is 1.64. The normalized spacial score (nSPS) is 11.1. The van der Waals surface area contributed by atoms with E-state index in [1.165, 1.54) is 18.2 Å². The molecule has 0 saturated heterocycles. The molecule has 0 aliphatic rings. The van der Waals surface area contributed by atoms with Gasteiger partial charge in [-0.1, -0.05) is 58.5 Å². The zero-order valence-corrected chi connectivity index (χ0v) is 12.3. The molecule has 0 amide bonds. The molecule has 19 heavy (non-hydrogen) atoms. The molecule has 0 saturated carbocycles. The molecule has 0 nitrogen and oxygen atoms in total. The van der Waals surface area contributed by atoms with E-state index in [0.717, 1.165) is 0 Å². The number of rotatable bonds is 2. The highest BCUT2D eigenvalue weighted by atomic mass is 35.5. The van der Waals surface area contributed by atoms with E-state index < -0.39 is 6.43 Å². The number of halogens is 6. The van der Waals surface area contributed by atoms with Crippen LogP contribution in [0.5, 0.6) is 0 Å². The summed E-state index contributed by atoms with van der Waals surface area (Å²) in [6.45, 7) is 0. The maximum atomic E-state index is 12.6. The summed E-state index contributed by atoms with van der Waals surface area (Å²) < 4.78 is 25.1. The highest BCUT2D eigenvalue weighted by Crippen LogP contribution is 2.42. The molecule has 2 aromatic rings. The standard InChI is InChI=1S/C13H6Cl4F2/c14-8-3-4-9(15)12(17)11(8)7-2-1-6(13(18)19)5-10(7)16/h1-5,13H. The van der Waals surface area contributed by atoms with Crippen molar-refractivity contribution in [2.24, 2.45) is 0 Å². The summed E-state index contributed by atoms with van der Waals surface area (Å²) in [5, 5.41) is 1.04. The third-order valence-electron chi connectivity index (χ3n) is 2.56. The molecular formula is C13H6Cl4F2. The fraction of sp³-hybridized carbons (Fsp3) is 0.0769. The van der Waals surface area contributed by atoms with Gasteiger partial charge in [0, 0.05) is 21.7 Å². The Hall–Kier alpha value is -0.540. The van der Waals surface area contributed by atoms with Gasteiger partial charge >= 0.3 is 0 Å². The molecule has 0 aromatic heterocycles. The smallest absolute Gasteiger partial charge is 0.205 e. The van der Waals surface area contributed by atoms with Crippen LogP contribution in [0.3, 0.4) is 0 Å². The van der Waals surface area contributed by atoms with Gasteiger partial charge in [0.05, 0.1) is 15.1 Å². The third kappa shape index (κ3) is 2.97. The van der Waals surface area contributed by atoms with Crippen molar-refractivity contribution in [1.82, 2.24) is 0 Å². The maximum absolute atomic E-state index is 12.6. The van der Waals surface area contributed by atoms with Crippen molar-refractivity contribution in [2.45, 2.75) is 6.43 Å². The second kappa shape index (κ2) is 5.84. The van der Waals surface area contributed by atoms with E-state index in [1.54, 1.807) is 12.1 Å². The molecule has 0 atom stereocenters. The van der Waals surface area contributed by atoms with E-state index in [2.05, 4.69) is 0 Å². The summed E-state index contributed by atoms with van der Waals surface area (Å²) in [6.07, 6.45) is -2.59. The highest BCUT2D eigenvalue weighted by molar-refractivity contribution is 6.46. The minimum atomic E-state index is -2.59. The first kappa shape index (κ1) is 14.9. The lowest BCUT2D eigenvalue weighted by molar-refractivity contribution is 0.151. The molecule has 0 unspecified atom stereocenters. The quantitative estimate of drug-likeness (QED) is 0.521. The second-order valence-corrected chi connectivity index (χ2v) is 5.36. The minimum Gasteiger partial charge on any atom is -0.205 e. The Labute approximate surface area is 128 Å². The topological polar surface area (TPSA) is 0 Å². The van der Waals surface area contributed by atoms with Crippen LogP contribution in [0, 0.1) is 0 Å². The monoisotopic (exact) mass is 340 g/mol. The van der Waals surface area contributed by atoms with Gasteiger partial charge in [-0.25, -0.2) is 8.78 Å². The van der Waals surface area contributed by atoms with Crippen LogP contribution in [0.1, 0.15) is 12.0 Å². The van der Waals surface area contributed by atoms with Crippen LogP contribution < -0.4 is 0 Å². The molecule has 0 spiro atoms. The number of alkyl halides is 2. The maximum Gasteiger partial charge on any atom is 0.263 e. The highest BCUT2D eigenvalue weighted by Gasteiger charge is 2.16. The van der Waals surface area contributed by atoms with Crippen molar-refractivity contribution in [1.29, 1.82) is 0 Å². The van der Waals surface area contributed by atoms with E-state index in [4.69, 9.17) is 46.4 Å². The molecule has 100 valence electrons. The van der Waals surface area contributed by atoms with Crippen molar-refractivity contribution in [3.8, 4) is 11.1 Å². The number of hydrogen-bond donors (Lipinski definition) is 0. The summed E-state index contributed by atoms with van der Waals surface area (Å²) >= 11 is 24.1. The molecule has 2 rings (SSSR count). The Balaban J connectivity index is 2.63. The SMILES string of the molecule is FC(F)c1ccc(-c2c(Cl)ccc(Cl)c2Cl)c(Cl)c1. The number of hydrogen-bond acceptors (Lipinski definition) is 0. The zero-order valence-electron chi connectivity index (χ0n) is 9.23. The van der Waals surface area contributed by atoms with Gasteiger partial charge in [0.2, 0.25) is 0 Å². The summed E-state index contributed by atoms with van der Waals surface area (Å²) in [5.41, 5.74) is 0.730. The van der Waals surface area contributed by atoms with Crippen LogP contribution in [-0.2, 0) is 0 Å². The van der Waals surface area contributed by atoms with Gasteiger partial charge in [-0.3, -0.25) is 0 Å². The molecule has 0 heterocycles. The van der Waals surface area contributed by atoms with Gasteiger partial charge in [-0.05, 0) is 18.2 Å². The molecule has 0 N–H and O–H groups in total. The van der Waals surface area contributed by atoms with Crippen molar-refractivity contribution in [3.05, 3.63) is 56.0 Å². The first-order chi connectivity index (χ1) is 8.91. The largest absolute Gasteiger partial charge is 0.263 e. The molecule has 2 aromatic carbocycles. The van der Waals surface area contributed by atoms with Crippen molar-refractivity contribution in [2.75, 3.05) is 0 Å². The van der Waals surface area contributed by atoms with Crippen LogP contribution >= 0.6 is 46.4 Å². The first-order valence-electron chi connectivity index (χ1n) is 5.13. The van der Waals surface area contributed by atoms with Gasteiger partial charge in [-0.15, -0.1) is 0 Å². The lowest BCUT2D eigenvalue weighted by Gasteiger charge is -2.11. The van der Waals surface area contributed by atoms with Gasteiger partial charge in [0.25, 0.3) is 6.43 Å². The third-order valence-corrected chi connectivity index (χ3v) is 3.99. The Morgan fingerprint density at radius 3 is 2.00 bits per heavy atom. The summed E-state index contributed by atoms with van der Waals surface area (Å²) in [6, 6.07) is 7.04. The Bertz CT molecular complexity index is 626. The molecule has 0 aliphatic carbocycles. The van der Waals surface area contributed by atoms with E-state index in [0.29, 0.717) is 21.2 Å². The average Bonchev–Trinajstić information content (AvgIpc) is 2.36. The summed E-state index contributed by atoms with van der Waals surface area (Å²) in [5.74, 6) is 0. The van der Waals surface area contributed by atoms with Crippen LogP contribution in [0.15, 0.2) is 30.3 Å². The van der Waals surface area contributed by atoms with Gasteiger partial charge < -0.3 is 0 Å². The zero-order chi connectivity index (χ0) is 14.2. The van der Waals surface area contributed by atoms with Gasteiger partial charge in [-0.2, -0.15) is 0 Å². The first-order valence-corrected chi connectivity index (χ1v) is 6.64.